The average Bonchev–Trinajstić information content (AvgIpc) is 2.99. The number of rotatable bonds is 6. The lowest BCUT2D eigenvalue weighted by Gasteiger charge is -2.10. The van der Waals surface area contributed by atoms with Crippen LogP contribution in [0.5, 0.6) is 5.88 Å². The van der Waals surface area contributed by atoms with E-state index in [0.29, 0.717) is 31.1 Å². The Kier molecular flexibility index (Phi) is 4.52. The summed E-state index contributed by atoms with van der Waals surface area (Å²) in [6.45, 7) is 3.48. The fourth-order valence-corrected chi connectivity index (χ4v) is 2.39. The quantitative estimate of drug-likeness (QED) is 0.758. The number of nitrogens with zero attached hydrogens (tertiary/aromatic N) is 3. The van der Waals surface area contributed by atoms with Crippen molar-refractivity contribution in [2.45, 2.75) is 13.5 Å². The van der Waals surface area contributed by atoms with Gasteiger partial charge in [-0.25, -0.2) is 9.97 Å². The lowest BCUT2D eigenvalue weighted by molar-refractivity contribution is 0.0947. The Balaban J connectivity index is 1.63. The van der Waals surface area contributed by atoms with Crippen LogP contribution in [0.4, 0.5) is 0 Å². The van der Waals surface area contributed by atoms with Crippen molar-refractivity contribution in [1.82, 2.24) is 19.9 Å². The van der Waals surface area contributed by atoms with E-state index < -0.39 is 0 Å². The van der Waals surface area contributed by atoms with Gasteiger partial charge in [0.1, 0.15) is 5.56 Å². The number of hydrogen-bond donors (Lipinski definition) is 1. The van der Waals surface area contributed by atoms with Crippen molar-refractivity contribution in [2.24, 2.45) is 0 Å². The van der Waals surface area contributed by atoms with Gasteiger partial charge in [-0.1, -0.05) is 12.1 Å². The van der Waals surface area contributed by atoms with E-state index >= 15 is 0 Å². The summed E-state index contributed by atoms with van der Waals surface area (Å²) < 4.78 is 7.40. The van der Waals surface area contributed by atoms with Crippen molar-refractivity contribution in [3.63, 3.8) is 0 Å². The zero-order chi connectivity index (χ0) is 16.1. The maximum absolute atomic E-state index is 12.3. The Hall–Kier alpha value is -2.89. The monoisotopic (exact) mass is 310 g/mol. The van der Waals surface area contributed by atoms with Crippen molar-refractivity contribution in [1.29, 1.82) is 0 Å². The lowest BCUT2D eigenvalue weighted by atomic mass is 10.2. The van der Waals surface area contributed by atoms with Crippen LogP contribution in [0.3, 0.4) is 0 Å². The van der Waals surface area contributed by atoms with Gasteiger partial charge in [-0.2, -0.15) is 0 Å². The van der Waals surface area contributed by atoms with Gasteiger partial charge in [0.2, 0.25) is 5.88 Å². The maximum atomic E-state index is 12.3. The number of fused-ring (bicyclic) bond motifs is 1. The second-order valence-corrected chi connectivity index (χ2v) is 4.97. The fourth-order valence-electron chi connectivity index (χ4n) is 2.39. The molecule has 3 rings (SSSR count). The molecule has 3 aromatic rings. The highest BCUT2D eigenvalue weighted by Gasteiger charge is 2.12. The average molecular weight is 310 g/mol. The van der Waals surface area contributed by atoms with Crippen molar-refractivity contribution in [3.8, 4) is 5.88 Å². The van der Waals surface area contributed by atoms with Crippen LogP contribution in [0, 0.1) is 0 Å². The summed E-state index contributed by atoms with van der Waals surface area (Å²) in [7, 11) is 0. The molecule has 0 fully saturated rings. The summed E-state index contributed by atoms with van der Waals surface area (Å²) in [4.78, 5) is 20.7. The van der Waals surface area contributed by atoms with Gasteiger partial charge in [-0.3, -0.25) is 4.79 Å². The second kappa shape index (κ2) is 6.91. The van der Waals surface area contributed by atoms with Crippen molar-refractivity contribution >= 4 is 16.9 Å². The molecule has 6 heteroatoms. The summed E-state index contributed by atoms with van der Waals surface area (Å²) in [6, 6.07) is 11.3. The predicted molar refractivity (Wildman–Crippen MR) is 87.5 cm³/mol. The molecule has 118 valence electrons. The molecule has 1 aromatic carbocycles. The molecule has 0 aliphatic carbocycles. The maximum Gasteiger partial charge on any atom is 0.256 e. The minimum atomic E-state index is -0.189. The predicted octanol–water partition coefficient (Wildman–Crippen LogP) is 2.26. The van der Waals surface area contributed by atoms with Gasteiger partial charge >= 0.3 is 0 Å². The largest absolute Gasteiger partial charge is 0.477 e. The van der Waals surface area contributed by atoms with E-state index in [9.17, 15) is 4.79 Å². The Morgan fingerprint density at radius 2 is 2.09 bits per heavy atom. The van der Waals surface area contributed by atoms with E-state index in [2.05, 4.69) is 15.3 Å². The highest BCUT2D eigenvalue weighted by Crippen LogP contribution is 2.14. The number of benzene rings is 1. The van der Waals surface area contributed by atoms with Gasteiger partial charge in [0, 0.05) is 19.3 Å². The number of imidazole rings is 1. The van der Waals surface area contributed by atoms with Crippen LogP contribution in [-0.2, 0) is 6.54 Å². The molecule has 0 aliphatic rings. The van der Waals surface area contributed by atoms with E-state index in [-0.39, 0.29) is 5.91 Å². The summed E-state index contributed by atoms with van der Waals surface area (Å²) in [6.07, 6.45) is 3.39. The normalized spacial score (nSPS) is 10.7. The van der Waals surface area contributed by atoms with Crippen LogP contribution >= 0.6 is 0 Å². The molecule has 0 unspecified atom stereocenters. The Morgan fingerprint density at radius 3 is 2.96 bits per heavy atom. The zero-order valence-electron chi connectivity index (χ0n) is 12.9. The Morgan fingerprint density at radius 1 is 1.22 bits per heavy atom. The molecule has 0 radical (unpaired) electrons. The number of pyridine rings is 1. The van der Waals surface area contributed by atoms with E-state index in [1.54, 1.807) is 24.7 Å². The van der Waals surface area contributed by atoms with Crippen LogP contribution < -0.4 is 10.1 Å². The second-order valence-electron chi connectivity index (χ2n) is 4.97. The molecule has 0 atom stereocenters. The third-order valence-corrected chi connectivity index (χ3v) is 3.46. The van der Waals surface area contributed by atoms with E-state index in [1.165, 1.54) is 0 Å². The van der Waals surface area contributed by atoms with Gasteiger partial charge in [0.15, 0.2) is 0 Å². The first-order valence-corrected chi connectivity index (χ1v) is 7.55. The minimum absolute atomic E-state index is 0.189. The topological polar surface area (TPSA) is 69.0 Å². The number of nitrogens with one attached hydrogen (secondary N) is 1. The third-order valence-electron chi connectivity index (χ3n) is 3.46. The summed E-state index contributed by atoms with van der Waals surface area (Å²) >= 11 is 0. The van der Waals surface area contributed by atoms with Crippen LogP contribution in [0.25, 0.3) is 11.0 Å². The van der Waals surface area contributed by atoms with Gasteiger partial charge in [-0.15, -0.1) is 0 Å². The van der Waals surface area contributed by atoms with Crippen molar-refractivity contribution in [2.75, 3.05) is 13.2 Å². The number of hydrogen-bond acceptors (Lipinski definition) is 4. The smallest absolute Gasteiger partial charge is 0.256 e. The standard InChI is InChI=1S/C17H18N4O2/c1-2-23-17-13(6-5-9-19-17)16(22)18-10-11-21-12-20-14-7-3-4-8-15(14)21/h3-9,12H,2,10-11H2,1H3,(H,18,22). The first-order valence-electron chi connectivity index (χ1n) is 7.55. The molecule has 0 saturated heterocycles. The van der Waals surface area contributed by atoms with Gasteiger partial charge in [-0.05, 0) is 31.2 Å². The molecule has 23 heavy (non-hydrogen) atoms. The molecule has 2 aromatic heterocycles. The van der Waals surface area contributed by atoms with E-state index in [1.807, 2.05) is 35.8 Å². The van der Waals surface area contributed by atoms with Crippen molar-refractivity contribution in [3.05, 3.63) is 54.5 Å². The number of carbonyl (C=O) groups excluding carboxylic acids is 1. The van der Waals surface area contributed by atoms with Crippen LogP contribution in [0.15, 0.2) is 48.9 Å². The van der Waals surface area contributed by atoms with E-state index in [4.69, 9.17) is 4.74 Å². The molecule has 6 nitrogen and oxygen atoms in total. The number of amides is 1. The van der Waals surface area contributed by atoms with Crippen LogP contribution in [0.2, 0.25) is 0 Å². The summed E-state index contributed by atoms with van der Waals surface area (Å²) in [5, 5.41) is 2.89. The van der Waals surface area contributed by atoms with Gasteiger partial charge in [0.05, 0.1) is 24.0 Å². The Labute approximate surface area is 134 Å². The molecule has 0 spiro atoms. The van der Waals surface area contributed by atoms with Crippen LogP contribution in [0.1, 0.15) is 17.3 Å². The third kappa shape index (κ3) is 3.31. The number of aromatic nitrogens is 3. The highest BCUT2D eigenvalue weighted by molar-refractivity contribution is 5.96. The summed E-state index contributed by atoms with van der Waals surface area (Å²) in [5.41, 5.74) is 2.45. The first-order chi connectivity index (χ1) is 11.3. The van der Waals surface area contributed by atoms with Crippen LogP contribution in [-0.4, -0.2) is 33.6 Å². The van der Waals surface area contributed by atoms with Gasteiger partial charge in [0.25, 0.3) is 5.91 Å². The molecular formula is C17H18N4O2. The minimum Gasteiger partial charge on any atom is -0.477 e. The van der Waals surface area contributed by atoms with Gasteiger partial charge < -0.3 is 14.6 Å². The number of carbonyl (C=O) groups is 1. The molecule has 0 bridgehead atoms. The molecule has 1 amide bonds. The molecule has 0 aliphatic heterocycles. The molecule has 0 saturated carbocycles. The molecule has 1 N–H and O–H groups in total. The summed E-state index contributed by atoms with van der Waals surface area (Å²) in [5.74, 6) is 0.173. The molecule has 2 heterocycles. The Bertz CT molecular complexity index is 813. The van der Waals surface area contributed by atoms with Crippen molar-refractivity contribution < 1.29 is 9.53 Å². The highest BCUT2D eigenvalue weighted by atomic mass is 16.5. The number of para-hydroxylation sites is 2. The molecular weight excluding hydrogens is 292 g/mol. The first kappa shape index (κ1) is 15.0. The number of ether oxygens (including phenoxy) is 1. The lowest BCUT2D eigenvalue weighted by Crippen LogP contribution is -2.27. The zero-order valence-corrected chi connectivity index (χ0v) is 12.9. The fraction of sp³-hybridized carbons (Fsp3) is 0.235. The SMILES string of the molecule is CCOc1ncccc1C(=O)NCCn1cnc2ccccc21. The van der Waals surface area contributed by atoms with E-state index in [0.717, 1.165) is 11.0 Å².